The van der Waals surface area contributed by atoms with Crippen LogP contribution < -0.4 is 5.32 Å². The van der Waals surface area contributed by atoms with E-state index in [0.717, 1.165) is 0 Å². The van der Waals surface area contributed by atoms with E-state index in [9.17, 15) is 8.78 Å². The number of rotatable bonds is 5. The molecule has 0 aliphatic carbocycles. The van der Waals surface area contributed by atoms with Crippen molar-refractivity contribution in [2.45, 2.75) is 40.7 Å². The summed E-state index contributed by atoms with van der Waals surface area (Å²) in [6.45, 7) is 10.5. The molecule has 0 aliphatic rings. The normalized spacial score (nSPS) is 14.9. The van der Waals surface area contributed by atoms with E-state index in [0.29, 0.717) is 18.0 Å². The third kappa shape index (κ3) is 3.08. The van der Waals surface area contributed by atoms with Crippen molar-refractivity contribution >= 4 is 0 Å². The average molecular weight is 255 g/mol. The van der Waals surface area contributed by atoms with Gasteiger partial charge in [0, 0.05) is 11.6 Å². The second kappa shape index (κ2) is 6.28. The number of benzene rings is 1. The zero-order valence-electron chi connectivity index (χ0n) is 11.8. The van der Waals surface area contributed by atoms with Crippen molar-refractivity contribution in [2.75, 3.05) is 6.54 Å². The van der Waals surface area contributed by atoms with Gasteiger partial charge < -0.3 is 5.32 Å². The van der Waals surface area contributed by atoms with Gasteiger partial charge in [-0.3, -0.25) is 0 Å². The van der Waals surface area contributed by atoms with Gasteiger partial charge in [0.2, 0.25) is 0 Å². The first-order chi connectivity index (χ1) is 8.40. The van der Waals surface area contributed by atoms with Crippen molar-refractivity contribution in [3.63, 3.8) is 0 Å². The maximum Gasteiger partial charge on any atom is 0.133 e. The van der Waals surface area contributed by atoms with E-state index in [4.69, 9.17) is 0 Å². The number of nitrogens with one attached hydrogen (secondary N) is 1. The van der Waals surface area contributed by atoms with Gasteiger partial charge in [0.05, 0.1) is 0 Å². The Morgan fingerprint density at radius 3 is 2.28 bits per heavy atom. The molecule has 0 bridgehead atoms. The lowest BCUT2D eigenvalue weighted by Crippen LogP contribution is -2.31. The summed E-state index contributed by atoms with van der Waals surface area (Å²) >= 11 is 0. The topological polar surface area (TPSA) is 12.0 Å². The van der Waals surface area contributed by atoms with Gasteiger partial charge in [0.25, 0.3) is 0 Å². The molecule has 1 rings (SSSR count). The fourth-order valence-electron chi connectivity index (χ4n) is 2.12. The van der Waals surface area contributed by atoms with Gasteiger partial charge in [-0.25, -0.2) is 8.78 Å². The predicted molar refractivity (Wildman–Crippen MR) is 71.5 cm³/mol. The third-order valence-electron chi connectivity index (χ3n) is 3.63. The Bertz CT molecular complexity index is 402. The summed E-state index contributed by atoms with van der Waals surface area (Å²) in [5.41, 5.74) is 0.670. The second-order valence-corrected chi connectivity index (χ2v) is 5.23. The fourth-order valence-corrected chi connectivity index (χ4v) is 2.12. The maximum atomic E-state index is 14.2. The summed E-state index contributed by atoms with van der Waals surface area (Å²) in [6, 6.07) is 2.55. The summed E-state index contributed by atoms with van der Waals surface area (Å²) in [6.07, 6.45) is 0. The monoisotopic (exact) mass is 255 g/mol. The van der Waals surface area contributed by atoms with Crippen LogP contribution in [0.2, 0.25) is 0 Å². The fraction of sp³-hybridized carbons (Fsp3) is 0.600. The lowest BCUT2D eigenvalue weighted by atomic mass is 9.85. The number of aryl methyl sites for hydroxylation is 1. The van der Waals surface area contributed by atoms with Crippen molar-refractivity contribution in [1.29, 1.82) is 0 Å². The molecule has 3 heteroatoms. The van der Waals surface area contributed by atoms with Crippen LogP contribution in [0, 0.1) is 30.4 Å². The van der Waals surface area contributed by atoms with Crippen molar-refractivity contribution in [3.8, 4) is 0 Å². The molecule has 0 saturated heterocycles. The van der Waals surface area contributed by atoms with Crippen LogP contribution in [0.4, 0.5) is 8.78 Å². The molecule has 0 heterocycles. The average Bonchev–Trinajstić information content (AvgIpc) is 2.32. The molecule has 2 unspecified atom stereocenters. The molecular weight excluding hydrogens is 232 g/mol. The zero-order valence-corrected chi connectivity index (χ0v) is 11.8. The van der Waals surface area contributed by atoms with Gasteiger partial charge in [0.1, 0.15) is 11.6 Å². The quantitative estimate of drug-likeness (QED) is 0.830. The van der Waals surface area contributed by atoms with Gasteiger partial charge in [-0.05, 0) is 36.9 Å². The standard InChI is InChI=1S/C15H23F2N/c1-6-18-15(11(5)9(2)3)13-12(16)8-7-10(4)14(13)17/h7-9,11,15,18H,6H2,1-5H3. The molecule has 102 valence electrons. The van der Waals surface area contributed by atoms with Crippen molar-refractivity contribution in [1.82, 2.24) is 5.32 Å². The lowest BCUT2D eigenvalue weighted by molar-refractivity contribution is 0.293. The van der Waals surface area contributed by atoms with Crippen LogP contribution in [-0.4, -0.2) is 6.54 Å². The maximum absolute atomic E-state index is 14.2. The summed E-state index contributed by atoms with van der Waals surface area (Å²) in [4.78, 5) is 0. The van der Waals surface area contributed by atoms with E-state index in [1.54, 1.807) is 6.92 Å². The van der Waals surface area contributed by atoms with Gasteiger partial charge >= 0.3 is 0 Å². The van der Waals surface area contributed by atoms with Crippen LogP contribution >= 0.6 is 0 Å². The number of hydrogen-bond acceptors (Lipinski definition) is 1. The zero-order chi connectivity index (χ0) is 13.9. The highest BCUT2D eigenvalue weighted by Crippen LogP contribution is 2.32. The molecule has 1 N–H and O–H groups in total. The molecule has 1 aromatic carbocycles. The Hall–Kier alpha value is -0.960. The Balaban J connectivity index is 3.25. The molecular formula is C15H23F2N. The molecule has 2 atom stereocenters. The van der Waals surface area contributed by atoms with E-state index in [2.05, 4.69) is 19.2 Å². The number of hydrogen-bond donors (Lipinski definition) is 1. The van der Waals surface area contributed by atoms with Crippen molar-refractivity contribution in [2.24, 2.45) is 11.8 Å². The molecule has 0 spiro atoms. The summed E-state index contributed by atoms with van der Waals surface area (Å²) in [5.74, 6) is -0.367. The molecule has 0 aromatic heterocycles. The highest BCUT2D eigenvalue weighted by molar-refractivity contribution is 5.29. The highest BCUT2D eigenvalue weighted by atomic mass is 19.1. The van der Waals surface area contributed by atoms with Crippen molar-refractivity contribution in [3.05, 3.63) is 34.9 Å². The third-order valence-corrected chi connectivity index (χ3v) is 3.63. The van der Waals surface area contributed by atoms with Gasteiger partial charge in [-0.2, -0.15) is 0 Å². The summed E-state index contributed by atoms with van der Waals surface area (Å²) < 4.78 is 28.1. The van der Waals surface area contributed by atoms with E-state index in [1.165, 1.54) is 12.1 Å². The summed E-state index contributed by atoms with van der Waals surface area (Å²) in [7, 11) is 0. The predicted octanol–water partition coefficient (Wildman–Crippen LogP) is 4.22. The van der Waals surface area contributed by atoms with Gasteiger partial charge in [0.15, 0.2) is 0 Å². The Morgan fingerprint density at radius 2 is 1.78 bits per heavy atom. The highest BCUT2D eigenvalue weighted by Gasteiger charge is 2.27. The smallest absolute Gasteiger partial charge is 0.133 e. The first-order valence-electron chi connectivity index (χ1n) is 6.58. The minimum Gasteiger partial charge on any atom is -0.310 e. The Kier molecular flexibility index (Phi) is 5.27. The largest absolute Gasteiger partial charge is 0.310 e. The molecule has 0 fully saturated rings. The minimum absolute atomic E-state index is 0.163. The SMILES string of the molecule is CCNC(c1c(F)ccc(C)c1F)C(C)C(C)C. The van der Waals surface area contributed by atoms with E-state index in [-0.39, 0.29) is 17.5 Å². The first kappa shape index (κ1) is 15.1. The van der Waals surface area contributed by atoms with E-state index >= 15 is 0 Å². The van der Waals surface area contributed by atoms with Gasteiger partial charge in [-0.1, -0.05) is 33.8 Å². The van der Waals surface area contributed by atoms with E-state index in [1.807, 2.05) is 13.8 Å². The van der Waals surface area contributed by atoms with Crippen molar-refractivity contribution < 1.29 is 8.78 Å². The number of halogens is 2. The van der Waals surface area contributed by atoms with Crippen LogP contribution in [-0.2, 0) is 0 Å². The molecule has 1 aromatic rings. The van der Waals surface area contributed by atoms with Crippen LogP contribution in [0.1, 0.15) is 44.9 Å². The molecule has 0 aliphatic heterocycles. The molecule has 0 saturated carbocycles. The minimum atomic E-state index is -0.462. The Morgan fingerprint density at radius 1 is 1.17 bits per heavy atom. The molecule has 18 heavy (non-hydrogen) atoms. The summed E-state index contributed by atoms with van der Waals surface area (Å²) in [5, 5.41) is 3.21. The second-order valence-electron chi connectivity index (χ2n) is 5.23. The Labute approximate surface area is 109 Å². The molecule has 0 amide bonds. The molecule has 0 radical (unpaired) electrons. The first-order valence-corrected chi connectivity index (χ1v) is 6.58. The van der Waals surface area contributed by atoms with E-state index < -0.39 is 11.6 Å². The van der Waals surface area contributed by atoms with Crippen LogP contribution in [0.15, 0.2) is 12.1 Å². The van der Waals surface area contributed by atoms with Gasteiger partial charge in [-0.15, -0.1) is 0 Å². The van der Waals surface area contributed by atoms with Crippen LogP contribution in [0.25, 0.3) is 0 Å². The lowest BCUT2D eigenvalue weighted by Gasteiger charge is -2.29. The van der Waals surface area contributed by atoms with Crippen LogP contribution in [0.3, 0.4) is 0 Å². The van der Waals surface area contributed by atoms with Crippen LogP contribution in [0.5, 0.6) is 0 Å². The molecule has 1 nitrogen and oxygen atoms in total.